The first kappa shape index (κ1) is 14.6. The number of furan rings is 1. The van der Waals surface area contributed by atoms with Gasteiger partial charge >= 0.3 is 0 Å². The topological polar surface area (TPSA) is 45.4 Å². The van der Waals surface area contributed by atoms with Gasteiger partial charge in [-0.05, 0) is 31.9 Å². The van der Waals surface area contributed by atoms with E-state index >= 15 is 0 Å². The van der Waals surface area contributed by atoms with Gasteiger partial charge in [-0.15, -0.1) is 0 Å². The number of hydrogen-bond acceptors (Lipinski definition) is 3. The number of fused-ring (bicyclic) bond motifs is 1. The van der Waals surface area contributed by atoms with Crippen molar-refractivity contribution in [2.45, 2.75) is 45.1 Å². The highest BCUT2D eigenvalue weighted by molar-refractivity contribution is 5.77. The maximum Gasteiger partial charge on any atom is 0.134 e. The largest absolute Gasteiger partial charge is 0.459 e. The average molecular weight is 287 g/mol. The quantitative estimate of drug-likeness (QED) is 0.873. The van der Waals surface area contributed by atoms with Crippen LogP contribution in [-0.2, 0) is 0 Å². The summed E-state index contributed by atoms with van der Waals surface area (Å²) in [4.78, 5) is 0. The van der Waals surface area contributed by atoms with E-state index in [1.165, 1.54) is 19.3 Å². The van der Waals surface area contributed by atoms with Crippen LogP contribution in [0.2, 0.25) is 0 Å². The lowest BCUT2D eigenvalue weighted by atomic mass is 9.74. The van der Waals surface area contributed by atoms with E-state index < -0.39 is 0 Å². The van der Waals surface area contributed by atoms with E-state index in [-0.39, 0.29) is 18.1 Å². The molecule has 2 aromatic rings. The molecule has 1 aromatic carbocycles. The van der Waals surface area contributed by atoms with E-state index in [2.05, 4.69) is 24.4 Å². The van der Waals surface area contributed by atoms with Crippen LogP contribution in [0.3, 0.4) is 0 Å². The van der Waals surface area contributed by atoms with Gasteiger partial charge in [0.05, 0.1) is 6.04 Å². The van der Waals surface area contributed by atoms with Gasteiger partial charge in [-0.1, -0.05) is 37.5 Å². The van der Waals surface area contributed by atoms with Crippen LogP contribution >= 0.6 is 0 Å². The Morgan fingerprint density at radius 1 is 1.24 bits per heavy atom. The fraction of sp³-hybridized carbons (Fsp3) is 0.556. The molecule has 3 heteroatoms. The molecule has 0 radical (unpaired) electrons. The lowest BCUT2D eigenvalue weighted by Gasteiger charge is -2.36. The van der Waals surface area contributed by atoms with Crippen molar-refractivity contribution in [2.24, 2.45) is 5.41 Å². The minimum Gasteiger partial charge on any atom is -0.459 e. The molecule has 3 nitrogen and oxygen atoms in total. The Kier molecular flexibility index (Phi) is 4.32. The van der Waals surface area contributed by atoms with Gasteiger partial charge in [-0.3, -0.25) is 0 Å². The third kappa shape index (κ3) is 3.14. The predicted molar refractivity (Wildman–Crippen MR) is 85.2 cm³/mol. The number of para-hydroxylation sites is 1. The minimum atomic E-state index is 0.0680. The molecule has 1 saturated carbocycles. The monoisotopic (exact) mass is 287 g/mol. The number of nitrogens with one attached hydrogen (secondary N) is 1. The molecule has 1 heterocycles. The first-order valence-electron chi connectivity index (χ1n) is 8.05. The Bertz CT molecular complexity index is 551. The van der Waals surface area contributed by atoms with Crippen molar-refractivity contribution in [1.29, 1.82) is 0 Å². The number of rotatable bonds is 5. The molecule has 1 unspecified atom stereocenters. The van der Waals surface area contributed by atoms with Crippen LogP contribution < -0.4 is 5.32 Å². The van der Waals surface area contributed by atoms with Gasteiger partial charge in [0.15, 0.2) is 0 Å². The number of aliphatic hydroxyl groups is 1. The predicted octanol–water partition coefficient (Wildman–Crippen LogP) is 4.03. The fourth-order valence-corrected chi connectivity index (χ4v) is 3.38. The zero-order valence-electron chi connectivity index (χ0n) is 12.8. The molecule has 1 atom stereocenters. The van der Waals surface area contributed by atoms with Gasteiger partial charge in [0, 0.05) is 24.0 Å². The molecule has 0 spiro atoms. The van der Waals surface area contributed by atoms with Gasteiger partial charge in [-0.2, -0.15) is 0 Å². The second-order valence-corrected chi connectivity index (χ2v) is 6.51. The van der Waals surface area contributed by atoms with E-state index in [0.717, 1.165) is 36.1 Å². The number of benzene rings is 1. The third-order valence-corrected chi connectivity index (χ3v) is 4.90. The van der Waals surface area contributed by atoms with Gasteiger partial charge in [0.2, 0.25) is 0 Å². The SMILES string of the molecule is CC(NCC1(CO)CCCCC1)c1cc2ccccc2o1. The Morgan fingerprint density at radius 2 is 2.00 bits per heavy atom. The van der Waals surface area contributed by atoms with Crippen molar-refractivity contribution >= 4 is 11.0 Å². The molecule has 1 aliphatic rings. The Hall–Kier alpha value is -1.32. The maximum atomic E-state index is 9.78. The molecule has 0 aliphatic heterocycles. The van der Waals surface area contributed by atoms with Crippen LogP contribution in [0.4, 0.5) is 0 Å². The van der Waals surface area contributed by atoms with E-state index in [1.54, 1.807) is 0 Å². The van der Waals surface area contributed by atoms with Gasteiger partial charge in [-0.25, -0.2) is 0 Å². The zero-order chi connectivity index (χ0) is 14.7. The molecule has 114 valence electrons. The van der Waals surface area contributed by atoms with Crippen molar-refractivity contribution in [3.63, 3.8) is 0 Å². The first-order chi connectivity index (χ1) is 10.2. The van der Waals surface area contributed by atoms with E-state index in [0.29, 0.717) is 0 Å². The Morgan fingerprint density at radius 3 is 2.71 bits per heavy atom. The van der Waals surface area contributed by atoms with Gasteiger partial charge in [0.25, 0.3) is 0 Å². The summed E-state index contributed by atoms with van der Waals surface area (Å²) in [5, 5.41) is 14.5. The lowest BCUT2D eigenvalue weighted by Crippen LogP contribution is -2.39. The van der Waals surface area contributed by atoms with E-state index in [4.69, 9.17) is 4.42 Å². The van der Waals surface area contributed by atoms with Crippen LogP contribution in [-0.4, -0.2) is 18.3 Å². The van der Waals surface area contributed by atoms with Gasteiger partial charge < -0.3 is 14.8 Å². The highest BCUT2D eigenvalue weighted by atomic mass is 16.3. The Labute approximate surface area is 126 Å². The molecule has 0 bridgehead atoms. The molecular weight excluding hydrogens is 262 g/mol. The maximum absolute atomic E-state index is 9.78. The number of aliphatic hydroxyl groups excluding tert-OH is 1. The summed E-state index contributed by atoms with van der Waals surface area (Å²) in [5.74, 6) is 0.972. The van der Waals surface area contributed by atoms with Crippen LogP contribution in [0, 0.1) is 5.41 Å². The summed E-state index contributed by atoms with van der Waals surface area (Å²) in [5.41, 5.74) is 1.01. The molecule has 2 N–H and O–H groups in total. The highest BCUT2D eigenvalue weighted by Gasteiger charge is 2.31. The van der Waals surface area contributed by atoms with Gasteiger partial charge in [0.1, 0.15) is 11.3 Å². The smallest absolute Gasteiger partial charge is 0.134 e. The molecule has 1 aromatic heterocycles. The summed E-state index contributed by atoms with van der Waals surface area (Å²) >= 11 is 0. The molecule has 0 saturated heterocycles. The van der Waals surface area contributed by atoms with E-state index in [1.807, 2.05) is 18.2 Å². The van der Waals surface area contributed by atoms with Crippen LogP contribution in [0.1, 0.15) is 50.8 Å². The summed E-state index contributed by atoms with van der Waals surface area (Å²) < 4.78 is 5.91. The lowest BCUT2D eigenvalue weighted by molar-refractivity contribution is 0.0781. The third-order valence-electron chi connectivity index (χ3n) is 4.90. The fourth-order valence-electron chi connectivity index (χ4n) is 3.38. The summed E-state index contributed by atoms with van der Waals surface area (Å²) in [7, 11) is 0. The first-order valence-corrected chi connectivity index (χ1v) is 8.05. The zero-order valence-corrected chi connectivity index (χ0v) is 12.8. The molecule has 3 rings (SSSR count). The molecule has 1 fully saturated rings. The normalized spacial score (nSPS) is 19.7. The summed E-state index contributed by atoms with van der Waals surface area (Å²) in [6.45, 7) is 3.28. The van der Waals surface area contributed by atoms with Crippen molar-refractivity contribution in [3.8, 4) is 0 Å². The molecule has 0 amide bonds. The molecule has 1 aliphatic carbocycles. The van der Waals surface area contributed by atoms with Crippen molar-refractivity contribution < 1.29 is 9.52 Å². The van der Waals surface area contributed by atoms with Crippen molar-refractivity contribution in [3.05, 3.63) is 36.1 Å². The van der Waals surface area contributed by atoms with Crippen molar-refractivity contribution in [1.82, 2.24) is 5.32 Å². The minimum absolute atomic E-state index is 0.0680. The second kappa shape index (κ2) is 6.20. The van der Waals surface area contributed by atoms with Crippen LogP contribution in [0.25, 0.3) is 11.0 Å². The van der Waals surface area contributed by atoms with Crippen LogP contribution in [0.5, 0.6) is 0 Å². The Balaban J connectivity index is 1.66. The molecular formula is C18H25NO2. The highest BCUT2D eigenvalue weighted by Crippen LogP contribution is 2.36. The summed E-state index contributed by atoms with van der Waals surface area (Å²) in [6.07, 6.45) is 6.04. The molecule has 21 heavy (non-hydrogen) atoms. The van der Waals surface area contributed by atoms with Crippen molar-refractivity contribution in [2.75, 3.05) is 13.2 Å². The average Bonchev–Trinajstić information content (AvgIpc) is 2.97. The van der Waals surface area contributed by atoms with E-state index in [9.17, 15) is 5.11 Å². The van der Waals surface area contributed by atoms with Crippen LogP contribution in [0.15, 0.2) is 34.7 Å². The summed E-state index contributed by atoms with van der Waals surface area (Å²) in [6, 6.07) is 10.4. The second-order valence-electron chi connectivity index (χ2n) is 6.51. The standard InChI is InChI=1S/C18H25NO2/c1-14(17-11-15-7-3-4-8-16(15)21-17)19-12-18(13-20)9-5-2-6-10-18/h3-4,7-8,11,14,19-20H,2,5-6,9-10,12-13H2,1H3. The number of hydrogen-bond donors (Lipinski definition) is 2.